The zero-order chi connectivity index (χ0) is 38.9. The normalized spacial score (nSPS) is 12.3. The first-order chi connectivity index (χ1) is 26.8. The Morgan fingerprint density at radius 1 is 0.167 bits per heavy atom. The van der Waals surface area contributed by atoms with E-state index in [0.29, 0.717) is 0 Å². The van der Waals surface area contributed by atoms with Crippen molar-refractivity contribution >= 4 is 0 Å². The number of hydrogen-bond acceptors (Lipinski definition) is 0. The van der Waals surface area contributed by atoms with Crippen LogP contribution in [0.25, 0.3) is 0 Å². The third-order valence-electron chi connectivity index (χ3n) is 13.1. The van der Waals surface area contributed by atoms with E-state index in [-0.39, 0.29) is 0 Å². The highest BCUT2D eigenvalue weighted by Crippen LogP contribution is 2.21. The highest BCUT2D eigenvalue weighted by atomic mass is 14.1. The SMILES string of the molecule is CCCCCCCCCCCCCCCCCCCCCCCCCCCCC(C)CCCCCCCCCCCCCCCCCCCCCCCC. The fourth-order valence-corrected chi connectivity index (χ4v) is 9.05. The quantitative estimate of drug-likeness (QED) is 0.0542. The molecule has 0 rings (SSSR count). The lowest BCUT2D eigenvalue weighted by atomic mass is 9.95. The second kappa shape index (κ2) is 51.0. The van der Waals surface area contributed by atoms with Crippen LogP contribution in [0.5, 0.6) is 0 Å². The first-order valence-corrected chi connectivity index (χ1v) is 26.8. The lowest BCUT2D eigenvalue weighted by Gasteiger charge is -2.11. The van der Waals surface area contributed by atoms with Gasteiger partial charge in [-0.15, -0.1) is 0 Å². The minimum absolute atomic E-state index is 0.962. The summed E-state index contributed by atoms with van der Waals surface area (Å²) in [5.74, 6) is 0.962. The zero-order valence-electron chi connectivity index (χ0n) is 38.9. The summed E-state index contributed by atoms with van der Waals surface area (Å²) < 4.78 is 0. The standard InChI is InChI=1S/C54H110/c1-4-6-8-10-12-14-16-18-20-22-24-26-28-29-30-31-33-35-37-39-41-43-45-47-49-51-53-54(3)52-50-48-46-44-42-40-38-36-34-32-27-25-23-21-19-17-15-13-11-9-7-5-2/h54H,4-53H2,1-3H3. The van der Waals surface area contributed by atoms with E-state index in [1.54, 1.807) is 0 Å². The summed E-state index contributed by atoms with van der Waals surface area (Å²) in [6.07, 6.45) is 74.2. The summed E-state index contributed by atoms with van der Waals surface area (Å²) in [7, 11) is 0. The van der Waals surface area contributed by atoms with Gasteiger partial charge in [0.25, 0.3) is 0 Å². The first-order valence-electron chi connectivity index (χ1n) is 26.8. The molecule has 54 heavy (non-hydrogen) atoms. The average molecular weight is 759 g/mol. The fourth-order valence-electron chi connectivity index (χ4n) is 9.05. The van der Waals surface area contributed by atoms with Gasteiger partial charge in [-0.2, -0.15) is 0 Å². The Kier molecular flexibility index (Phi) is 51.0. The van der Waals surface area contributed by atoms with Gasteiger partial charge in [-0.1, -0.05) is 342 Å². The molecule has 0 aliphatic rings. The Hall–Kier alpha value is 0. The smallest absolute Gasteiger partial charge is 0.0443 e. The summed E-state index contributed by atoms with van der Waals surface area (Å²) in [4.78, 5) is 0. The third-order valence-corrected chi connectivity index (χ3v) is 13.1. The van der Waals surface area contributed by atoms with Crippen LogP contribution >= 0.6 is 0 Å². The van der Waals surface area contributed by atoms with E-state index in [0.717, 1.165) is 5.92 Å². The van der Waals surface area contributed by atoms with Crippen molar-refractivity contribution in [1.82, 2.24) is 0 Å². The van der Waals surface area contributed by atoms with Gasteiger partial charge in [0.15, 0.2) is 0 Å². The molecular formula is C54H110. The molecule has 0 amide bonds. The van der Waals surface area contributed by atoms with Crippen molar-refractivity contribution in [3.05, 3.63) is 0 Å². The Morgan fingerprint density at radius 2 is 0.278 bits per heavy atom. The summed E-state index contributed by atoms with van der Waals surface area (Å²) in [5, 5.41) is 0. The van der Waals surface area contributed by atoms with Gasteiger partial charge in [0, 0.05) is 0 Å². The molecule has 0 aromatic carbocycles. The van der Waals surface area contributed by atoms with Crippen molar-refractivity contribution in [3.63, 3.8) is 0 Å². The summed E-state index contributed by atoms with van der Waals surface area (Å²) in [6, 6.07) is 0. The molecule has 0 spiro atoms. The zero-order valence-corrected chi connectivity index (χ0v) is 38.9. The molecule has 0 nitrogen and oxygen atoms in total. The number of hydrogen-bond donors (Lipinski definition) is 0. The van der Waals surface area contributed by atoms with Gasteiger partial charge in [-0.05, 0) is 5.92 Å². The number of unbranched alkanes of at least 4 members (excludes halogenated alkanes) is 46. The van der Waals surface area contributed by atoms with Crippen LogP contribution in [-0.2, 0) is 0 Å². The van der Waals surface area contributed by atoms with Gasteiger partial charge in [0.1, 0.15) is 0 Å². The summed E-state index contributed by atoms with van der Waals surface area (Å²) >= 11 is 0. The Bertz CT molecular complexity index is 607. The summed E-state index contributed by atoms with van der Waals surface area (Å²) in [6.45, 7) is 7.15. The molecule has 0 aliphatic heterocycles. The largest absolute Gasteiger partial charge is 0.0654 e. The van der Waals surface area contributed by atoms with E-state index < -0.39 is 0 Å². The van der Waals surface area contributed by atoms with Gasteiger partial charge in [-0.3, -0.25) is 0 Å². The summed E-state index contributed by atoms with van der Waals surface area (Å²) in [5.41, 5.74) is 0. The molecule has 0 fully saturated rings. The van der Waals surface area contributed by atoms with Crippen molar-refractivity contribution < 1.29 is 0 Å². The number of rotatable bonds is 50. The van der Waals surface area contributed by atoms with Gasteiger partial charge in [0.05, 0.1) is 0 Å². The molecule has 0 N–H and O–H groups in total. The molecule has 0 aliphatic carbocycles. The van der Waals surface area contributed by atoms with E-state index in [2.05, 4.69) is 20.8 Å². The van der Waals surface area contributed by atoms with Crippen molar-refractivity contribution in [2.45, 2.75) is 342 Å². The van der Waals surface area contributed by atoms with Crippen LogP contribution in [0.3, 0.4) is 0 Å². The molecule has 0 saturated heterocycles. The van der Waals surface area contributed by atoms with Crippen LogP contribution in [0.4, 0.5) is 0 Å². The van der Waals surface area contributed by atoms with Crippen LogP contribution in [0.2, 0.25) is 0 Å². The maximum Gasteiger partial charge on any atom is -0.0443 e. The molecule has 1 unspecified atom stereocenters. The third kappa shape index (κ3) is 50.0. The Balaban J connectivity index is 3.14. The molecule has 0 heterocycles. The van der Waals surface area contributed by atoms with Crippen molar-refractivity contribution in [2.24, 2.45) is 5.92 Å². The second-order valence-corrected chi connectivity index (χ2v) is 18.9. The van der Waals surface area contributed by atoms with Crippen LogP contribution in [0, 0.1) is 5.92 Å². The molecular weight excluding hydrogens is 649 g/mol. The van der Waals surface area contributed by atoms with E-state index in [9.17, 15) is 0 Å². The molecule has 0 saturated carbocycles. The van der Waals surface area contributed by atoms with Crippen LogP contribution in [0.1, 0.15) is 342 Å². The molecule has 0 aromatic heterocycles. The maximum absolute atomic E-state index is 2.53. The van der Waals surface area contributed by atoms with Crippen molar-refractivity contribution in [3.8, 4) is 0 Å². The fraction of sp³-hybridized carbons (Fsp3) is 1.00. The molecule has 0 bridgehead atoms. The lowest BCUT2D eigenvalue weighted by Crippen LogP contribution is -1.95. The van der Waals surface area contributed by atoms with Gasteiger partial charge in [0.2, 0.25) is 0 Å². The minimum atomic E-state index is 0.962. The Labute approximate surface area is 346 Å². The molecule has 0 radical (unpaired) electrons. The van der Waals surface area contributed by atoms with E-state index in [1.165, 1.54) is 321 Å². The minimum Gasteiger partial charge on any atom is -0.0654 e. The van der Waals surface area contributed by atoms with Crippen LogP contribution < -0.4 is 0 Å². The van der Waals surface area contributed by atoms with E-state index in [1.807, 2.05) is 0 Å². The highest BCUT2D eigenvalue weighted by molar-refractivity contribution is 4.57. The van der Waals surface area contributed by atoms with Gasteiger partial charge >= 0.3 is 0 Å². The van der Waals surface area contributed by atoms with Crippen molar-refractivity contribution in [2.75, 3.05) is 0 Å². The van der Waals surface area contributed by atoms with Crippen LogP contribution in [-0.4, -0.2) is 0 Å². The van der Waals surface area contributed by atoms with E-state index >= 15 is 0 Å². The molecule has 1 atom stereocenters. The van der Waals surface area contributed by atoms with Crippen LogP contribution in [0.15, 0.2) is 0 Å². The second-order valence-electron chi connectivity index (χ2n) is 18.9. The molecule has 326 valence electrons. The topological polar surface area (TPSA) is 0 Å². The average Bonchev–Trinajstić information content (AvgIpc) is 3.18. The predicted octanol–water partition coefficient (Wildman–Crippen LogP) is 21.2. The predicted molar refractivity (Wildman–Crippen MR) is 251 cm³/mol. The monoisotopic (exact) mass is 759 g/mol. The molecule has 0 heteroatoms. The highest BCUT2D eigenvalue weighted by Gasteiger charge is 2.03. The Morgan fingerprint density at radius 3 is 0.407 bits per heavy atom. The first kappa shape index (κ1) is 54.0. The van der Waals surface area contributed by atoms with Gasteiger partial charge < -0.3 is 0 Å². The van der Waals surface area contributed by atoms with E-state index in [4.69, 9.17) is 0 Å². The molecule has 0 aromatic rings. The maximum atomic E-state index is 2.53. The van der Waals surface area contributed by atoms with Crippen molar-refractivity contribution in [1.29, 1.82) is 0 Å². The lowest BCUT2D eigenvalue weighted by molar-refractivity contribution is 0.429. The van der Waals surface area contributed by atoms with Gasteiger partial charge in [-0.25, -0.2) is 0 Å².